The average Bonchev–Trinajstić information content (AvgIpc) is 2.88. The lowest BCUT2D eigenvalue weighted by molar-refractivity contribution is -0.148. The molecule has 1 aliphatic heterocycles. The van der Waals surface area contributed by atoms with Gasteiger partial charge in [0.2, 0.25) is 5.75 Å². The van der Waals surface area contributed by atoms with Gasteiger partial charge in [-0.15, -0.1) is 0 Å². The Morgan fingerprint density at radius 2 is 1.66 bits per heavy atom. The van der Waals surface area contributed by atoms with Crippen LogP contribution in [0.25, 0.3) is 11.3 Å². The Bertz CT molecular complexity index is 1260. The molecule has 0 spiro atoms. The summed E-state index contributed by atoms with van der Waals surface area (Å²) in [5.74, 6) is -1.44. The Balaban J connectivity index is 2.16. The van der Waals surface area contributed by atoms with Gasteiger partial charge in [-0.05, 0) is 31.4 Å². The fourth-order valence-electron chi connectivity index (χ4n) is 4.28. The van der Waals surface area contributed by atoms with E-state index < -0.39 is 39.4 Å². The number of nitrogens with zero attached hydrogens (tertiary/aromatic N) is 3. The van der Waals surface area contributed by atoms with Gasteiger partial charge in [0, 0.05) is 18.2 Å². The van der Waals surface area contributed by atoms with Crippen LogP contribution in [0.4, 0.5) is 19.0 Å². The van der Waals surface area contributed by atoms with Gasteiger partial charge in [-0.1, -0.05) is 6.92 Å². The lowest BCUT2D eigenvalue weighted by atomic mass is 9.81. The number of ether oxygens (including phenoxy) is 4. The number of aromatic nitrogens is 2. The van der Waals surface area contributed by atoms with Gasteiger partial charge in [0.1, 0.15) is 0 Å². The van der Waals surface area contributed by atoms with Crippen molar-refractivity contribution in [1.29, 1.82) is 0 Å². The maximum atomic E-state index is 13.1. The number of methoxy groups -OCH3 is 4. The summed E-state index contributed by atoms with van der Waals surface area (Å²) in [6.45, 7) is 3.65. The van der Waals surface area contributed by atoms with Crippen molar-refractivity contribution < 1.29 is 49.5 Å². The van der Waals surface area contributed by atoms with Crippen molar-refractivity contribution in [3.8, 4) is 34.4 Å². The largest absolute Gasteiger partial charge is 0.534 e. The van der Waals surface area contributed by atoms with E-state index in [0.717, 1.165) is 6.20 Å². The van der Waals surface area contributed by atoms with E-state index in [1.165, 1.54) is 28.4 Å². The SMILES string of the molecule is COC(=O)[C@@H]1CCN(c2nc(-c3cc(OC)c(OC)c(OC)c3)cnc2OS(=O)(=O)C(F)(F)F)[C@H](C)[C@@H]1C. The highest BCUT2D eigenvalue weighted by Gasteiger charge is 2.50. The Labute approximate surface area is 217 Å². The number of benzene rings is 1. The number of carbonyl (C=O) groups excluding carboxylic acids is 1. The number of carbonyl (C=O) groups is 1. The molecule has 1 saturated heterocycles. The van der Waals surface area contributed by atoms with Gasteiger partial charge in [-0.2, -0.15) is 21.6 Å². The molecule has 0 bridgehead atoms. The number of anilines is 1. The van der Waals surface area contributed by atoms with E-state index in [4.69, 9.17) is 18.9 Å². The molecule has 15 heteroatoms. The molecule has 0 saturated carbocycles. The lowest BCUT2D eigenvalue weighted by Gasteiger charge is -2.42. The summed E-state index contributed by atoms with van der Waals surface area (Å²) < 4.78 is 88.4. The summed E-state index contributed by atoms with van der Waals surface area (Å²) in [7, 11) is -0.529. The van der Waals surface area contributed by atoms with Crippen LogP contribution < -0.4 is 23.3 Å². The molecule has 1 fully saturated rings. The molecule has 2 heterocycles. The predicted octanol–water partition coefficient (Wildman–Crippen LogP) is 3.42. The number of esters is 1. The fraction of sp³-hybridized carbons (Fsp3) is 0.522. The highest BCUT2D eigenvalue weighted by Crippen LogP contribution is 2.43. The molecule has 1 aromatic heterocycles. The van der Waals surface area contributed by atoms with Crippen molar-refractivity contribution in [3.63, 3.8) is 0 Å². The van der Waals surface area contributed by atoms with Crippen molar-refractivity contribution in [2.24, 2.45) is 11.8 Å². The smallest absolute Gasteiger partial charge is 0.493 e. The van der Waals surface area contributed by atoms with Gasteiger partial charge in [-0.25, -0.2) is 9.97 Å². The number of alkyl halides is 3. The molecule has 0 N–H and O–H groups in total. The van der Waals surface area contributed by atoms with Crippen LogP contribution in [0.2, 0.25) is 0 Å². The van der Waals surface area contributed by atoms with Crippen LogP contribution in [-0.4, -0.2) is 70.9 Å². The van der Waals surface area contributed by atoms with Crippen molar-refractivity contribution in [3.05, 3.63) is 18.3 Å². The summed E-state index contributed by atoms with van der Waals surface area (Å²) in [6.07, 6.45) is 1.35. The van der Waals surface area contributed by atoms with Crippen LogP contribution in [0.1, 0.15) is 20.3 Å². The second kappa shape index (κ2) is 11.1. The topological polar surface area (TPSA) is 126 Å². The molecule has 3 atom stereocenters. The monoisotopic (exact) mass is 563 g/mol. The first kappa shape index (κ1) is 29.1. The molecule has 210 valence electrons. The maximum Gasteiger partial charge on any atom is 0.534 e. The Morgan fingerprint density at radius 3 is 2.16 bits per heavy atom. The molecule has 1 aromatic carbocycles. The van der Waals surface area contributed by atoms with Crippen molar-refractivity contribution in [2.75, 3.05) is 39.9 Å². The summed E-state index contributed by atoms with van der Waals surface area (Å²) in [4.78, 5) is 22.1. The standard InChI is InChI=1S/C23H28F3N3O8S/c1-12-13(2)29(8-7-15(12)22(30)36-6)20-21(37-38(31,32)23(24,25)26)27-11-16(28-20)14-9-17(33-3)19(35-5)18(10-14)34-4/h9-13,15H,7-8H2,1-6H3/t12-,13+,15+/m0/s1. The van der Waals surface area contributed by atoms with E-state index in [9.17, 15) is 26.4 Å². The third-order valence-electron chi connectivity index (χ3n) is 6.50. The Morgan fingerprint density at radius 1 is 1.05 bits per heavy atom. The second-order valence-electron chi connectivity index (χ2n) is 8.49. The molecular weight excluding hydrogens is 535 g/mol. The van der Waals surface area contributed by atoms with Gasteiger partial charge < -0.3 is 28.0 Å². The molecule has 1 aliphatic rings. The minimum atomic E-state index is -6.04. The van der Waals surface area contributed by atoms with E-state index in [1.807, 2.05) is 0 Å². The Hall–Kier alpha value is -3.49. The molecule has 11 nitrogen and oxygen atoms in total. The summed E-state index contributed by atoms with van der Waals surface area (Å²) >= 11 is 0. The summed E-state index contributed by atoms with van der Waals surface area (Å²) in [5, 5.41) is 0. The van der Waals surface area contributed by atoms with Crippen molar-refractivity contribution >= 4 is 21.9 Å². The zero-order valence-corrected chi connectivity index (χ0v) is 22.3. The highest BCUT2D eigenvalue weighted by atomic mass is 32.2. The molecule has 0 radical (unpaired) electrons. The molecular formula is C23H28F3N3O8S. The van der Waals surface area contributed by atoms with Gasteiger partial charge in [-0.3, -0.25) is 4.79 Å². The lowest BCUT2D eigenvalue weighted by Crippen LogP contribution is -2.49. The van der Waals surface area contributed by atoms with E-state index in [2.05, 4.69) is 14.2 Å². The van der Waals surface area contributed by atoms with E-state index in [0.29, 0.717) is 11.3 Å². The molecule has 2 aromatic rings. The molecule has 3 rings (SSSR count). The first-order valence-electron chi connectivity index (χ1n) is 11.3. The molecule has 0 amide bonds. The third kappa shape index (κ3) is 5.51. The zero-order chi connectivity index (χ0) is 28.4. The van der Waals surface area contributed by atoms with E-state index in [1.54, 1.807) is 30.9 Å². The minimum absolute atomic E-state index is 0.140. The predicted molar refractivity (Wildman–Crippen MR) is 129 cm³/mol. The number of hydrogen-bond acceptors (Lipinski definition) is 11. The number of hydrogen-bond donors (Lipinski definition) is 0. The van der Waals surface area contributed by atoms with E-state index in [-0.39, 0.29) is 41.9 Å². The normalized spacial score (nSPS) is 20.0. The highest BCUT2D eigenvalue weighted by molar-refractivity contribution is 7.88. The summed E-state index contributed by atoms with van der Waals surface area (Å²) in [5.41, 5.74) is -5.13. The van der Waals surface area contributed by atoms with Crippen LogP contribution in [0, 0.1) is 11.8 Å². The number of piperidine rings is 1. The fourth-order valence-corrected chi connectivity index (χ4v) is 4.70. The van der Waals surface area contributed by atoms with Crippen molar-refractivity contribution in [1.82, 2.24) is 9.97 Å². The summed E-state index contributed by atoms with van der Waals surface area (Å²) in [6, 6.07) is 2.63. The van der Waals surface area contributed by atoms with Crippen LogP contribution in [0.3, 0.4) is 0 Å². The molecule has 38 heavy (non-hydrogen) atoms. The van der Waals surface area contributed by atoms with Crippen LogP contribution in [0.5, 0.6) is 23.1 Å². The van der Waals surface area contributed by atoms with Gasteiger partial charge in [0.25, 0.3) is 5.88 Å². The first-order valence-corrected chi connectivity index (χ1v) is 12.7. The van der Waals surface area contributed by atoms with Crippen LogP contribution >= 0.6 is 0 Å². The third-order valence-corrected chi connectivity index (χ3v) is 7.44. The number of halogens is 3. The van der Waals surface area contributed by atoms with E-state index >= 15 is 0 Å². The Kier molecular flexibility index (Phi) is 8.48. The zero-order valence-electron chi connectivity index (χ0n) is 21.5. The van der Waals surface area contributed by atoms with Crippen molar-refractivity contribution in [2.45, 2.75) is 31.8 Å². The number of rotatable bonds is 8. The molecule has 0 unspecified atom stereocenters. The van der Waals surface area contributed by atoms with Gasteiger partial charge in [0.15, 0.2) is 17.3 Å². The average molecular weight is 564 g/mol. The maximum absolute atomic E-state index is 13.1. The first-order chi connectivity index (χ1) is 17.8. The van der Waals surface area contributed by atoms with Crippen LogP contribution in [-0.2, 0) is 19.6 Å². The van der Waals surface area contributed by atoms with Gasteiger partial charge in [0.05, 0.1) is 46.2 Å². The quantitative estimate of drug-likeness (QED) is 0.266. The second-order valence-corrected chi connectivity index (χ2v) is 10.0. The minimum Gasteiger partial charge on any atom is -0.493 e. The van der Waals surface area contributed by atoms with Gasteiger partial charge >= 0.3 is 21.6 Å². The van der Waals surface area contributed by atoms with Crippen LogP contribution in [0.15, 0.2) is 18.3 Å². The molecule has 0 aliphatic carbocycles.